The third-order valence-electron chi connectivity index (χ3n) is 3.01. The number of nitrogens with two attached hydrogens (primary N) is 1. The first-order valence-electron chi connectivity index (χ1n) is 6.23. The summed E-state index contributed by atoms with van der Waals surface area (Å²) in [5.74, 6) is 0.177. The van der Waals surface area contributed by atoms with Gasteiger partial charge >= 0.3 is 5.97 Å². The Labute approximate surface area is 110 Å². The Kier molecular flexibility index (Phi) is 4.16. The Morgan fingerprint density at radius 1 is 1.63 bits per heavy atom. The largest absolute Gasteiger partial charge is 0.466 e. The van der Waals surface area contributed by atoms with Crippen LogP contribution in [0.25, 0.3) is 0 Å². The number of carbonyl (C=O) groups excluding carboxylic acids is 1. The maximum absolute atomic E-state index is 11.9. The number of carbonyl (C=O) groups is 1. The lowest BCUT2D eigenvalue weighted by atomic mass is 10.1. The molecular weight excluding hydrogens is 250 g/mol. The molecule has 1 saturated heterocycles. The summed E-state index contributed by atoms with van der Waals surface area (Å²) >= 11 is 0. The van der Waals surface area contributed by atoms with E-state index in [0.717, 1.165) is 6.42 Å². The van der Waals surface area contributed by atoms with Crippen molar-refractivity contribution in [1.29, 1.82) is 0 Å². The van der Waals surface area contributed by atoms with Gasteiger partial charge in [0.05, 0.1) is 25.2 Å². The monoisotopic (exact) mass is 267 g/mol. The summed E-state index contributed by atoms with van der Waals surface area (Å²) in [5.41, 5.74) is 5.52. The molecule has 0 aliphatic carbocycles. The van der Waals surface area contributed by atoms with Crippen LogP contribution in [0.15, 0.2) is 4.79 Å². The number of nitrogens with zero attached hydrogens (tertiary/aromatic N) is 1. The summed E-state index contributed by atoms with van der Waals surface area (Å²) in [6.45, 7) is 3.15. The third kappa shape index (κ3) is 3.11. The zero-order valence-corrected chi connectivity index (χ0v) is 10.8. The number of rotatable bonds is 4. The second kappa shape index (κ2) is 5.83. The lowest BCUT2D eigenvalue weighted by Crippen LogP contribution is -2.24. The van der Waals surface area contributed by atoms with E-state index in [2.05, 4.69) is 9.97 Å². The molecule has 1 aliphatic heterocycles. The highest BCUT2D eigenvalue weighted by Crippen LogP contribution is 2.22. The number of hydrogen-bond acceptors (Lipinski definition) is 6. The molecule has 1 aliphatic rings. The van der Waals surface area contributed by atoms with E-state index in [0.29, 0.717) is 19.0 Å². The zero-order valence-electron chi connectivity index (χ0n) is 10.8. The van der Waals surface area contributed by atoms with Gasteiger partial charge in [-0.05, 0) is 13.3 Å². The molecule has 0 saturated carbocycles. The highest BCUT2D eigenvalue weighted by molar-refractivity contribution is 5.74. The molecular formula is C12H17N3O4. The summed E-state index contributed by atoms with van der Waals surface area (Å²) in [5, 5.41) is 0. The molecule has 1 fully saturated rings. The van der Waals surface area contributed by atoms with Crippen molar-refractivity contribution in [2.75, 3.05) is 25.6 Å². The molecule has 1 aromatic heterocycles. The SMILES string of the molecule is CCOC(=O)Cc1c(N)nc(C2CCOC2)[nH]c1=O. The van der Waals surface area contributed by atoms with Gasteiger partial charge in [0.15, 0.2) is 0 Å². The molecule has 1 aromatic rings. The van der Waals surface area contributed by atoms with Gasteiger partial charge in [-0.2, -0.15) is 0 Å². The lowest BCUT2D eigenvalue weighted by molar-refractivity contribution is -0.142. The fraction of sp³-hybridized carbons (Fsp3) is 0.583. The Bertz CT molecular complexity index is 520. The Morgan fingerprint density at radius 2 is 2.42 bits per heavy atom. The van der Waals surface area contributed by atoms with E-state index in [1.165, 1.54) is 0 Å². The van der Waals surface area contributed by atoms with Crippen LogP contribution in [-0.2, 0) is 20.7 Å². The van der Waals surface area contributed by atoms with E-state index < -0.39 is 5.97 Å². The molecule has 0 bridgehead atoms. The highest BCUT2D eigenvalue weighted by atomic mass is 16.5. The van der Waals surface area contributed by atoms with E-state index in [1.54, 1.807) is 6.92 Å². The molecule has 3 N–H and O–H groups in total. The number of nitrogen functional groups attached to an aromatic ring is 1. The molecule has 0 aromatic carbocycles. The fourth-order valence-corrected chi connectivity index (χ4v) is 2.00. The molecule has 1 atom stereocenters. The van der Waals surface area contributed by atoms with Crippen LogP contribution in [0.3, 0.4) is 0 Å². The minimum Gasteiger partial charge on any atom is -0.466 e. The van der Waals surface area contributed by atoms with Crippen LogP contribution in [0, 0.1) is 0 Å². The van der Waals surface area contributed by atoms with Gasteiger partial charge in [-0.1, -0.05) is 0 Å². The smallest absolute Gasteiger partial charge is 0.310 e. The standard InChI is InChI=1S/C12H17N3O4/c1-2-19-9(16)5-8-10(13)14-11(15-12(8)17)7-3-4-18-6-7/h7H,2-6H2,1H3,(H3,13,14,15,17). The van der Waals surface area contributed by atoms with E-state index in [4.69, 9.17) is 15.2 Å². The second-order valence-electron chi connectivity index (χ2n) is 4.36. The molecule has 2 heterocycles. The van der Waals surface area contributed by atoms with Crippen LogP contribution in [-0.4, -0.2) is 35.8 Å². The van der Waals surface area contributed by atoms with Gasteiger partial charge < -0.3 is 20.2 Å². The molecule has 2 rings (SSSR count). The van der Waals surface area contributed by atoms with Crippen LogP contribution >= 0.6 is 0 Å². The zero-order chi connectivity index (χ0) is 13.8. The van der Waals surface area contributed by atoms with E-state index in [9.17, 15) is 9.59 Å². The van der Waals surface area contributed by atoms with Crippen molar-refractivity contribution in [2.24, 2.45) is 0 Å². The van der Waals surface area contributed by atoms with Crippen molar-refractivity contribution in [1.82, 2.24) is 9.97 Å². The van der Waals surface area contributed by atoms with Gasteiger partial charge in [-0.25, -0.2) is 4.98 Å². The average Bonchev–Trinajstić information content (AvgIpc) is 2.87. The van der Waals surface area contributed by atoms with Gasteiger partial charge in [-0.3, -0.25) is 9.59 Å². The fourth-order valence-electron chi connectivity index (χ4n) is 2.00. The molecule has 104 valence electrons. The summed E-state index contributed by atoms with van der Waals surface area (Å²) in [4.78, 5) is 30.1. The van der Waals surface area contributed by atoms with Gasteiger partial charge in [0.2, 0.25) is 0 Å². The van der Waals surface area contributed by atoms with Crippen LogP contribution < -0.4 is 11.3 Å². The van der Waals surface area contributed by atoms with E-state index >= 15 is 0 Å². The number of nitrogens with one attached hydrogen (secondary N) is 1. The van der Waals surface area contributed by atoms with E-state index in [-0.39, 0.29) is 35.9 Å². The van der Waals surface area contributed by atoms with Gasteiger partial charge in [0.25, 0.3) is 5.56 Å². The number of aromatic amines is 1. The first-order valence-corrected chi connectivity index (χ1v) is 6.23. The summed E-state index contributed by atoms with van der Waals surface area (Å²) < 4.78 is 10.0. The van der Waals surface area contributed by atoms with Crippen molar-refractivity contribution >= 4 is 11.8 Å². The molecule has 0 radical (unpaired) electrons. The van der Waals surface area contributed by atoms with Crippen LogP contribution in [0.4, 0.5) is 5.82 Å². The van der Waals surface area contributed by atoms with Crippen molar-refractivity contribution in [2.45, 2.75) is 25.7 Å². The van der Waals surface area contributed by atoms with Crippen molar-refractivity contribution in [3.8, 4) is 0 Å². The normalized spacial score (nSPS) is 18.5. The van der Waals surface area contributed by atoms with Gasteiger partial charge in [-0.15, -0.1) is 0 Å². The van der Waals surface area contributed by atoms with Gasteiger partial charge in [0, 0.05) is 12.5 Å². The van der Waals surface area contributed by atoms with Gasteiger partial charge in [0.1, 0.15) is 11.6 Å². The summed E-state index contributed by atoms with van der Waals surface area (Å²) in [7, 11) is 0. The Hall–Kier alpha value is -1.89. The maximum Gasteiger partial charge on any atom is 0.310 e. The number of H-pyrrole nitrogens is 1. The first kappa shape index (κ1) is 13.5. The Balaban J connectivity index is 2.22. The second-order valence-corrected chi connectivity index (χ2v) is 4.36. The number of hydrogen-bond donors (Lipinski definition) is 2. The quantitative estimate of drug-likeness (QED) is 0.741. The molecule has 0 spiro atoms. The number of aromatic nitrogens is 2. The number of anilines is 1. The van der Waals surface area contributed by atoms with Crippen molar-refractivity contribution in [3.05, 3.63) is 21.7 Å². The van der Waals surface area contributed by atoms with Crippen LogP contribution in [0.1, 0.15) is 30.7 Å². The number of esters is 1. The third-order valence-corrected chi connectivity index (χ3v) is 3.01. The summed E-state index contributed by atoms with van der Waals surface area (Å²) in [6, 6.07) is 0. The molecule has 7 nitrogen and oxygen atoms in total. The average molecular weight is 267 g/mol. The molecule has 0 amide bonds. The predicted octanol–water partition coefficient (Wildman–Crippen LogP) is -0.0384. The van der Waals surface area contributed by atoms with Crippen molar-refractivity contribution < 1.29 is 14.3 Å². The minimum absolute atomic E-state index is 0.0617. The topological polar surface area (TPSA) is 107 Å². The van der Waals surface area contributed by atoms with Crippen LogP contribution in [0.2, 0.25) is 0 Å². The minimum atomic E-state index is -0.488. The lowest BCUT2D eigenvalue weighted by Gasteiger charge is -2.10. The van der Waals surface area contributed by atoms with Crippen molar-refractivity contribution in [3.63, 3.8) is 0 Å². The maximum atomic E-state index is 11.9. The predicted molar refractivity (Wildman–Crippen MR) is 67.8 cm³/mol. The van der Waals surface area contributed by atoms with E-state index in [1.807, 2.05) is 0 Å². The highest BCUT2D eigenvalue weighted by Gasteiger charge is 2.22. The summed E-state index contributed by atoms with van der Waals surface area (Å²) in [6.07, 6.45) is 0.642. The first-order chi connectivity index (χ1) is 9.11. The molecule has 1 unspecified atom stereocenters. The Morgan fingerprint density at radius 3 is 3.00 bits per heavy atom. The van der Waals surface area contributed by atoms with Crippen LogP contribution in [0.5, 0.6) is 0 Å². The molecule has 19 heavy (non-hydrogen) atoms. The molecule has 7 heteroatoms. The number of ether oxygens (including phenoxy) is 2.